The molecule has 0 bridgehead atoms. The summed E-state index contributed by atoms with van der Waals surface area (Å²) in [6.07, 6.45) is 0. The van der Waals surface area contributed by atoms with Crippen LogP contribution in [0.5, 0.6) is 5.75 Å². The van der Waals surface area contributed by atoms with Crippen molar-refractivity contribution in [3.05, 3.63) is 41.0 Å². The fourth-order valence-electron chi connectivity index (χ4n) is 1.17. The van der Waals surface area contributed by atoms with Gasteiger partial charge in [-0.05, 0) is 38.8 Å². The Balaban J connectivity index is 0.000000325. The van der Waals surface area contributed by atoms with Crippen LogP contribution in [-0.4, -0.2) is 16.2 Å². The van der Waals surface area contributed by atoms with Crippen molar-refractivity contribution in [1.29, 1.82) is 0 Å². The highest BCUT2D eigenvalue weighted by atomic mass is 16.4. The molecule has 0 heterocycles. The molecule has 0 radical (unpaired) electrons. The topological polar surface area (TPSA) is 57.5 Å². The zero-order valence-electron chi connectivity index (χ0n) is 10.2. The lowest BCUT2D eigenvalue weighted by Gasteiger charge is -2.03. The van der Waals surface area contributed by atoms with Crippen molar-refractivity contribution in [2.75, 3.05) is 0 Å². The lowest BCUT2D eigenvalue weighted by molar-refractivity contribution is -0.132. The number of carbonyl (C=O) groups is 1. The van der Waals surface area contributed by atoms with Crippen molar-refractivity contribution in [2.45, 2.75) is 27.7 Å². The fraction of sp³-hybridized carbons (Fsp3) is 0.308. The number of aryl methyl sites for hydroxylation is 3. The van der Waals surface area contributed by atoms with Gasteiger partial charge in [0.05, 0.1) is 0 Å². The molecule has 0 aliphatic carbocycles. The molecule has 0 atom stereocenters. The van der Waals surface area contributed by atoms with Gasteiger partial charge in [-0.2, -0.15) is 0 Å². The standard InChI is InChI=1S/C9H12O.C4H6O2/c1-6-4-7(2)9(10)8(3)5-6;1-3(2)4(5)6/h4-5,10H,1-3H3;1H2,2H3,(H,5,6). The molecule has 0 aliphatic heterocycles. The Bertz CT molecular complexity index is 371. The average Bonchev–Trinajstić information content (AvgIpc) is 2.14. The van der Waals surface area contributed by atoms with Crippen molar-refractivity contribution >= 4 is 5.97 Å². The van der Waals surface area contributed by atoms with Gasteiger partial charge in [-0.25, -0.2) is 4.79 Å². The number of aromatic hydroxyl groups is 1. The molecule has 0 fully saturated rings. The fourth-order valence-corrected chi connectivity index (χ4v) is 1.17. The quantitative estimate of drug-likeness (QED) is 0.718. The lowest BCUT2D eigenvalue weighted by Crippen LogP contribution is -1.92. The second-order valence-electron chi connectivity index (χ2n) is 3.83. The van der Waals surface area contributed by atoms with E-state index in [-0.39, 0.29) is 5.57 Å². The highest BCUT2D eigenvalue weighted by Crippen LogP contribution is 2.21. The number of carboxylic acid groups (broad SMARTS) is 1. The van der Waals surface area contributed by atoms with Crippen LogP contribution in [0, 0.1) is 20.8 Å². The Morgan fingerprint density at radius 1 is 1.19 bits per heavy atom. The third kappa shape index (κ3) is 4.64. The predicted molar refractivity (Wildman–Crippen MR) is 64.8 cm³/mol. The first-order valence-electron chi connectivity index (χ1n) is 4.91. The zero-order valence-corrected chi connectivity index (χ0v) is 10.2. The maximum Gasteiger partial charge on any atom is 0.330 e. The zero-order chi connectivity index (χ0) is 12.9. The van der Waals surface area contributed by atoms with E-state index in [0.29, 0.717) is 5.75 Å². The summed E-state index contributed by atoms with van der Waals surface area (Å²) < 4.78 is 0. The number of hydrogen-bond acceptors (Lipinski definition) is 2. The summed E-state index contributed by atoms with van der Waals surface area (Å²) in [6, 6.07) is 3.95. The Hall–Kier alpha value is -1.77. The third-order valence-corrected chi connectivity index (χ3v) is 2.00. The molecule has 0 aliphatic rings. The second-order valence-corrected chi connectivity index (χ2v) is 3.83. The van der Waals surface area contributed by atoms with Gasteiger partial charge in [-0.15, -0.1) is 0 Å². The number of benzene rings is 1. The van der Waals surface area contributed by atoms with Crippen LogP contribution in [0.2, 0.25) is 0 Å². The number of phenolic OH excluding ortho intramolecular Hbond substituents is 1. The summed E-state index contributed by atoms with van der Waals surface area (Å²) >= 11 is 0. The van der Waals surface area contributed by atoms with Gasteiger partial charge >= 0.3 is 5.97 Å². The van der Waals surface area contributed by atoms with Crippen molar-refractivity contribution in [3.63, 3.8) is 0 Å². The van der Waals surface area contributed by atoms with Crippen molar-refractivity contribution in [2.24, 2.45) is 0 Å². The smallest absolute Gasteiger partial charge is 0.330 e. The van der Waals surface area contributed by atoms with Gasteiger partial charge in [0.1, 0.15) is 5.75 Å². The van der Waals surface area contributed by atoms with Crippen LogP contribution in [0.1, 0.15) is 23.6 Å². The molecule has 88 valence electrons. The summed E-state index contributed by atoms with van der Waals surface area (Å²) in [6.45, 7) is 10.5. The van der Waals surface area contributed by atoms with Gasteiger partial charge in [-0.3, -0.25) is 0 Å². The van der Waals surface area contributed by atoms with E-state index in [4.69, 9.17) is 5.11 Å². The molecular formula is C13H18O3. The van der Waals surface area contributed by atoms with Crippen molar-refractivity contribution in [3.8, 4) is 5.75 Å². The van der Waals surface area contributed by atoms with Crippen LogP contribution in [-0.2, 0) is 4.79 Å². The van der Waals surface area contributed by atoms with Gasteiger partial charge in [0.15, 0.2) is 0 Å². The van der Waals surface area contributed by atoms with E-state index in [0.717, 1.165) is 11.1 Å². The van der Waals surface area contributed by atoms with E-state index in [1.807, 2.05) is 32.9 Å². The minimum atomic E-state index is -0.935. The number of aliphatic carboxylic acids is 1. The average molecular weight is 222 g/mol. The molecule has 0 unspecified atom stereocenters. The first-order valence-corrected chi connectivity index (χ1v) is 4.91. The van der Waals surface area contributed by atoms with Gasteiger partial charge in [0, 0.05) is 5.57 Å². The highest BCUT2D eigenvalue weighted by molar-refractivity contribution is 5.84. The number of hydrogen-bond donors (Lipinski definition) is 2. The van der Waals surface area contributed by atoms with E-state index >= 15 is 0 Å². The maximum absolute atomic E-state index is 9.60. The molecule has 3 nitrogen and oxygen atoms in total. The largest absolute Gasteiger partial charge is 0.507 e. The molecule has 2 N–H and O–H groups in total. The van der Waals surface area contributed by atoms with Crippen LogP contribution < -0.4 is 0 Å². The normalized spacial score (nSPS) is 9.00. The van der Waals surface area contributed by atoms with E-state index < -0.39 is 5.97 Å². The molecule has 16 heavy (non-hydrogen) atoms. The second kappa shape index (κ2) is 5.95. The number of rotatable bonds is 1. The van der Waals surface area contributed by atoms with Crippen LogP contribution in [0.25, 0.3) is 0 Å². The minimum absolute atomic E-state index is 0.176. The molecule has 1 aromatic rings. The van der Waals surface area contributed by atoms with Crippen LogP contribution >= 0.6 is 0 Å². The summed E-state index contributed by atoms with van der Waals surface area (Å²) in [5, 5.41) is 17.2. The molecule has 0 spiro atoms. The molecule has 0 saturated heterocycles. The lowest BCUT2D eigenvalue weighted by atomic mass is 10.1. The first-order chi connectivity index (χ1) is 7.25. The Kier molecular flexibility index (Phi) is 5.30. The monoisotopic (exact) mass is 222 g/mol. The van der Waals surface area contributed by atoms with E-state index in [9.17, 15) is 9.90 Å². The van der Waals surface area contributed by atoms with Gasteiger partial charge in [0.2, 0.25) is 0 Å². The summed E-state index contributed by atoms with van der Waals surface area (Å²) in [7, 11) is 0. The van der Waals surface area contributed by atoms with Crippen LogP contribution in [0.4, 0.5) is 0 Å². The maximum atomic E-state index is 9.60. The Labute approximate surface area is 96.1 Å². The SMILES string of the molecule is C=C(C)C(=O)O.Cc1cc(C)c(O)c(C)c1. The molecule has 1 rings (SSSR count). The molecule has 3 heteroatoms. The Morgan fingerprint density at radius 2 is 1.50 bits per heavy atom. The Morgan fingerprint density at radius 3 is 1.75 bits per heavy atom. The van der Waals surface area contributed by atoms with Crippen molar-refractivity contribution < 1.29 is 15.0 Å². The minimum Gasteiger partial charge on any atom is -0.507 e. The predicted octanol–water partition coefficient (Wildman–Crippen LogP) is 2.96. The summed E-state index contributed by atoms with van der Waals surface area (Å²) in [5.41, 5.74) is 3.29. The highest BCUT2D eigenvalue weighted by Gasteiger charge is 1.98. The third-order valence-electron chi connectivity index (χ3n) is 2.00. The molecule has 0 aromatic heterocycles. The molecule has 1 aromatic carbocycles. The van der Waals surface area contributed by atoms with E-state index in [1.165, 1.54) is 12.5 Å². The van der Waals surface area contributed by atoms with E-state index in [2.05, 4.69) is 6.58 Å². The van der Waals surface area contributed by atoms with Gasteiger partial charge in [0.25, 0.3) is 0 Å². The molecule has 0 saturated carbocycles. The van der Waals surface area contributed by atoms with Crippen molar-refractivity contribution in [1.82, 2.24) is 0 Å². The number of carboxylic acids is 1. The number of phenols is 1. The molecular weight excluding hydrogens is 204 g/mol. The van der Waals surface area contributed by atoms with Crippen LogP contribution in [0.15, 0.2) is 24.3 Å². The molecule has 0 amide bonds. The van der Waals surface area contributed by atoms with Gasteiger partial charge < -0.3 is 10.2 Å². The summed E-state index contributed by atoms with van der Waals surface area (Å²) in [5.74, 6) is -0.513. The first kappa shape index (κ1) is 14.2. The van der Waals surface area contributed by atoms with Crippen LogP contribution in [0.3, 0.4) is 0 Å². The van der Waals surface area contributed by atoms with E-state index in [1.54, 1.807) is 0 Å². The summed E-state index contributed by atoms with van der Waals surface area (Å²) in [4.78, 5) is 9.60. The van der Waals surface area contributed by atoms with Gasteiger partial charge in [-0.1, -0.05) is 24.3 Å².